The van der Waals surface area contributed by atoms with Gasteiger partial charge in [-0.2, -0.15) is 0 Å². The smallest absolute Gasteiger partial charge is 0.189 e. The zero-order chi connectivity index (χ0) is 15.4. The van der Waals surface area contributed by atoms with Crippen molar-refractivity contribution in [1.82, 2.24) is 5.32 Å². The van der Waals surface area contributed by atoms with E-state index in [2.05, 4.69) is 26.2 Å². The Morgan fingerprint density at radius 3 is 3.00 bits per heavy atom. The third kappa shape index (κ3) is 3.84. The minimum absolute atomic E-state index is 0.247. The summed E-state index contributed by atoms with van der Waals surface area (Å²) in [4.78, 5) is 4.36. The van der Waals surface area contributed by atoms with Gasteiger partial charge in [0.15, 0.2) is 17.5 Å². The van der Waals surface area contributed by atoms with E-state index in [9.17, 15) is 0 Å². The molecular weight excluding hydrogens is 350 g/mol. The standard InChI is InChI=1S/C15H20BrN3O3/c16-12-6-10(7-13-14(12)22-5-4-21-13)8-18-15(17)19-9-11-2-1-3-20-11/h6-7,11H,1-5,8-9H2,(H3,17,18,19). The van der Waals surface area contributed by atoms with E-state index in [4.69, 9.17) is 19.9 Å². The lowest BCUT2D eigenvalue weighted by atomic mass is 10.2. The number of hydrogen-bond acceptors (Lipinski definition) is 4. The summed E-state index contributed by atoms with van der Waals surface area (Å²) in [6.45, 7) is 3.18. The number of nitrogens with one attached hydrogen (secondary N) is 1. The van der Waals surface area contributed by atoms with Gasteiger partial charge in [0, 0.05) is 13.2 Å². The van der Waals surface area contributed by atoms with Crippen LogP contribution in [0.5, 0.6) is 11.5 Å². The molecule has 3 N–H and O–H groups in total. The molecule has 0 aliphatic carbocycles. The third-order valence-corrected chi connectivity index (χ3v) is 4.21. The summed E-state index contributed by atoms with van der Waals surface area (Å²) in [5.41, 5.74) is 6.90. The van der Waals surface area contributed by atoms with Crippen LogP contribution in [0, 0.1) is 0 Å². The lowest BCUT2D eigenvalue weighted by Crippen LogP contribution is -2.37. The highest BCUT2D eigenvalue weighted by atomic mass is 79.9. The Kier molecular flexibility index (Phi) is 5.04. The number of nitrogens with zero attached hydrogens (tertiary/aromatic N) is 1. The van der Waals surface area contributed by atoms with Crippen LogP contribution in [0.2, 0.25) is 0 Å². The maximum Gasteiger partial charge on any atom is 0.189 e. The Labute approximate surface area is 138 Å². The van der Waals surface area contributed by atoms with Crippen LogP contribution >= 0.6 is 15.9 Å². The number of aliphatic imine (C=N–C) groups is 1. The Hall–Kier alpha value is -1.47. The molecule has 2 aliphatic heterocycles. The van der Waals surface area contributed by atoms with Gasteiger partial charge in [-0.3, -0.25) is 0 Å². The van der Waals surface area contributed by atoms with Crippen LogP contribution < -0.4 is 20.5 Å². The number of nitrogens with two attached hydrogens (primary N) is 1. The van der Waals surface area contributed by atoms with Crippen LogP contribution in [0.25, 0.3) is 0 Å². The van der Waals surface area contributed by atoms with E-state index in [0.717, 1.165) is 41.0 Å². The van der Waals surface area contributed by atoms with Gasteiger partial charge in [-0.25, -0.2) is 4.99 Å². The number of fused-ring (bicyclic) bond motifs is 1. The summed E-state index contributed by atoms with van der Waals surface area (Å²) in [7, 11) is 0. The van der Waals surface area contributed by atoms with Gasteiger partial charge in [0.05, 0.1) is 17.1 Å². The van der Waals surface area contributed by atoms with E-state index >= 15 is 0 Å². The summed E-state index contributed by atoms with van der Waals surface area (Å²) >= 11 is 3.50. The minimum atomic E-state index is 0.247. The minimum Gasteiger partial charge on any atom is -0.486 e. The molecule has 0 radical (unpaired) electrons. The number of rotatable bonds is 4. The van der Waals surface area contributed by atoms with E-state index < -0.39 is 0 Å². The topological polar surface area (TPSA) is 78.1 Å². The summed E-state index contributed by atoms with van der Waals surface area (Å²) in [6.07, 6.45) is 2.45. The van der Waals surface area contributed by atoms with Gasteiger partial charge < -0.3 is 25.3 Å². The van der Waals surface area contributed by atoms with Gasteiger partial charge in [-0.1, -0.05) is 0 Å². The fourth-order valence-corrected chi connectivity index (χ4v) is 3.12. The second-order valence-electron chi connectivity index (χ2n) is 5.32. The van der Waals surface area contributed by atoms with Gasteiger partial charge in [-0.15, -0.1) is 0 Å². The van der Waals surface area contributed by atoms with Crippen molar-refractivity contribution in [3.8, 4) is 11.5 Å². The Morgan fingerprint density at radius 1 is 1.32 bits per heavy atom. The van der Waals surface area contributed by atoms with Crippen molar-refractivity contribution in [2.24, 2.45) is 10.7 Å². The molecule has 1 aromatic rings. The summed E-state index contributed by atoms with van der Waals surface area (Å²) < 4.78 is 17.6. The van der Waals surface area contributed by atoms with Crippen LogP contribution in [-0.4, -0.2) is 38.4 Å². The molecule has 1 unspecified atom stereocenters. The first-order valence-electron chi connectivity index (χ1n) is 7.46. The van der Waals surface area contributed by atoms with Crippen molar-refractivity contribution in [2.45, 2.75) is 25.5 Å². The van der Waals surface area contributed by atoms with E-state index in [1.807, 2.05) is 12.1 Å². The number of hydrogen-bond donors (Lipinski definition) is 2. The molecule has 0 spiro atoms. The van der Waals surface area contributed by atoms with E-state index in [0.29, 0.717) is 32.3 Å². The number of halogens is 1. The average molecular weight is 370 g/mol. The van der Waals surface area contributed by atoms with Gasteiger partial charge in [-0.05, 0) is 46.5 Å². The lowest BCUT2D eigenvalue weighted by Gasteiger charge is -2.20. The van der Waals surface area contributed by atoms with Crippen molar-refractivity contribution >= 4 is 21.9 Å². The summed E-state index contributed by atoms with van der Waals surface area (Å²) in [6, 6.07) is 3.92. The molecule has 7 heteroatoms. The van der Waals surface area contributed by atoms with E-state index in [1.54, 1.807) is 0 Å². The first-order chi connectivity index (χ1) is 10.7. The largest absolute Gasteiger partial charge is 0.486 e. The molecule has 1 saturated heterocycles. The second kappa shape index (κ2) is 7.19. The van der Waals surface area contributed by atoms with Gasteiger partial charge in [0.1, 0.15) is 13.2 Å². The molecule has 120 valence electrons. The lowest BCUT2D eigenvalue weighted by molar-refractivity contribution is 0.114. The number of ether oxygens (including phenoxy) is 3. The van der Waals surface area contributed by atoms with Crippen molar-refractivity contribution in [3.05, 3.63) is 22.2 Å². The van der Waals surface area contributed by atoms with Gasteiger partial charge in [0.2, 0.25) is 0 Å². The fourth-order valence-electron chi connectivity index (χ4n) is 2.51. The van der Waals surface area contributed by atoms with E-state index in [1.165, 1.54) is 0 Å². The molecule has 22 heavy (non-hydrogen) atoms. The fraction of sp³-hybridized carbons (Fsp3) is 0.533. The first-order valence-corrected chi connectivity index (χ1v) is 8.25. The highest BCUT2D eigenvalue weighted by molar-refractivity contribution is 9.10. The predicted octanol–water partition coefficient (Wildman–Crippen LogP) is 1.80. The van der Waals surface area contributed by atoms with Crippen LogP contribution in [-0.2, 0) is 11.3 Å². The van der Waals surface area contributed by atoms with E-state index in [-0.39, 0.29) is 6.10 Å². The van der Waals surface area contributed by atoms with Gasteiger partial charge >= 0.3 is 0 Å². The molecule has 3 rings (SSSR count). The molecule has 1 fully saturated rings. The quantitative estimate of drug-likeness (QED) is 0.624. The summed E-state index contributed by atoms with van der Waals surface area (Å²) in [5.74, 6) is 1.93. The molecule has 0 amide bonds. The first kappa shape index (κ1) is 15.4. The monoisotopic (exact) mass is 369 g/mol. The van der Waals surface area contributed by atoms with Crippen LogP contribution in [0.15, 0.2) is 21.6 Å². The van der Waals surface area contributed by atoms with Crippen molar-refractivity contribution in [2.75, 3.05) is 26.4 Å². The molecule has 2 heterocycles. The average Bonchev–Trinajstić information content (AvgIpc) is 3.04. The number of benzene rings is 1. The molecule has 0 bridgehead atoms. The SMILES string of the molecule is NC(=NCc1cc(Br)c2c(c1)OCCO2)NCC1CCCO1. The molecule has 1 atom stereocenters. The van der Waals surface area contributed by atoms with Gasteiger partial charge in [0.25, 0.3) is 0 Å². The summed E-state index contributed by atoms with van der Waals surface area (Å²) in [5, 5.41) is 3.11. The zero-order valence-corrected chi connectivity index (χ0v) is 13.9. The molecule has 0 saturated carbocycles. The molecule has 0 aromatic heterocycles. The van der Waals surface area contributed by atoms with Crippen LogP contribution in [0.4, 0.5) is 0 Å². The van der Waals surface area contributed by atoms with Crippen molar-refractivity contribution < 1.29 is 14.2 Å². The highest BCUT2D eigenvalue weighted by Gasteiger charge is 2.17. The Morgan fingerprint density at radius 2 is 2.18 bits per heavy atom. The second-order valence-corrected chi connectivity index (χ2v) is 6.17. The predicted molar refractivity (Wildman–Crippen MR) is 87.4 cm³/mol. The highest BCUT2D eigenvalue weighted by Crippen LogP contribution is 2.38. The third-order valence-electron chi connectivity index (χ3n) is 3.62. The van der Waals surface area contributed by atoms with Crippen molar-refractivity contribution in [1.29, 1.82) is 0 Å². The maximum atomic E-state index is 5.89. The van der Waals surface area contributed by atoms with Crippen LogP contribution in [0.3, 0.4) is 0 Å². The van der Waals surface area contributed by atoms with Crippen molar-refractivity contribution in [3.63, 3.8) is 0 Å². The molecule has 2 aliphatic rings. The normalized spacial score (nSPS) is 21.0. The van der Waals surface area contributed by atoms with Crippen LogP contribution in [0.1, 0.15) is 18.4 Å². The maximum absolute atomic E-state index is 5.89. The Balaban J connectivity index is 1.57. The molecule has 6 nitrogen and oxygen atoms in total. The molecule has 1 aromatic carbocycles. The molecular formula is C15H20BrN3O3. The number of guanidine groups is 1. The zero-order valence-electron chi connectivity index (χ0n) is 12.3. The Bertz CT molecular complexity index is 559.